The Hall–Kier alpha value is -2.33. The maximum atomic E-state index is 12.2. The first-order valence-electron chi connectivity index (χ1n) is 6.81. The molecule has 0 spiro atoms. The van der Waals surface area contributed by atoms with Crippen LogP contribution in [0, 0.1) is 6.92 Å². The van der Waals surface area contributed by atoms with Crippen molar-refractivity contribution in [1.82, 2.24) is 0 Å². The number of rotatable bonds is 6. The molecule has 0 aromatic heterocycles. The number of halogens is 1. The van der Waals surface area contributed by atoms with Gasteiger partial charge < -0.3 is 10.4 Å². The third-order valence-electron chi connectivity index (χ3n) is 3.31. The number of carboxylic acids is 1. The lowest BCUT2D eigenvalue weighted by Gasteiger charge is -2.17. The lowest BCUT2D eigenvalue weighted by Crippen LogP contribution is -2.32. The first kappa shape index (κ1) is 16.0. The molecule has 4 nitrogen and oxygen atoms in total. The maximum Gasteiger partial charge on any atom is 0.326 e. The number of hydrogen-bond acceptors (Lipinski definition) is 3. The van der Waals surface area contributed by atoms with Gasteiger partial charge in [0.2, 0.25) is 0 Å². The largest absolute Gasteiger partial charge is 0.480 e. The number of carbonyl (C=O) groups excluding carboxylic acids is 1. The van der Waals surface area contributed by atoms with Gasteiger partial charge in [-0.2, -0.15) is 0 Å². The molecule has 0 saturated heterocycles. The van der Waals surface area contributed by atoms with Crippen molar-refractivity contribution in [3.63, 3.8) is 0 Å². The number of aliphatic carboxylic acids is 1. The minimum absolute atomic E-state index is 0.134. The summed E-state index contributed by atoms with van der Waals surface area (Å²) < 4.78 is 0. The molecule has 0 heterocycles. The van der Waals surface area contributed by atoms with E-state index in [2.05, 4.69) is 5.32 Å². The Bertz CT molecular complexity index is 686. The van der Waals surface area contributed by atoms with E-state index in [-0.39, 0.29) is 12.2 Å². The van der Waals surface area contributed by atoms with Gasteiger partial charge in [0.25, 0.3) is 0 Å². The normalized spacial score (nSPS) is 11.7. The number of benzene rings is 2. The first-order chi connectivity index (χ1) is 10.5. The highest BCUT2D eigenvalue weighted by Crippen LogP contribution is 2.22. The molecule has 0 aliphatic carbocycles. The standard InChI is InChI=1S/C17H16ClNO3/c1-11-7-8-13(18)9-14(11)19-15(17(21)22)10-16(20)12-5-3-2-4-6-12/h2-9,15,19H,10H2,1H3,(H,21,22)/t15-/m0/s1. The van der Waals surface area contributed by atoms with Crippen LogP contribution in [0.4, 0.5) is 5.69 Å². The van der Waals surface area contributed by atoms with Crippen molar-refractivity contribution in [3.8, 4) is 0 Å². The molecule has 0 bridgehead atoms. The van der Waals surface area contributed by atoms with E-state index >= 15 is 0 Å². The lowest BCUT2D eigenvalue weighted by atomic mass is 10.0. The van der Waals surface area contributed by atoms with Crippen LogP contribution in [0.5, 0.6) is 0 Å². The van der Waals surface area contributed by atoms with E-state index in [1.807, 2.05) is 6.92 Å². The Morgan fingerprint density at radius 1 is 1.18 bits per heavy atom. The molecule has 2 aromatic carbocycles. The van der Waals surface area contributed by atoms with Crippen LogP contribution in [-0.2, 0) is 4.79 Å². The second-order valence-corrected chi connectivity index (χ2v) is 5.42. The minimum atomic E-state index is -1.08. The SMILES string of the molecule is Cc1ccc(Cl)cc1N[C@@H](CC(=O)c1ccccc1)C(=O)O. The second kappa shape index (κ2) is 7.09. The number of carboxylic acid groups (broad SMARTS) is 1. The maximum absolute atomic E-state index is 12.2. The fraction of sp³-hybridized carbons (Fsp3) is 0.176. The van der Waals surface area contributed by atoms with Crippen LogP contribution in [0.25, 0.3) is 0 Å². The molecule has 0 unspecified atom stereocenters. The molecule has 22 heavy (non-hydrogen) atoms. The summed E-state index contributed by atoms with van der Waals surface area (Å²) in [6.45, 7) is 1.84. The van der Waals surface area contributed by atoms with Gasteiger partial charge in [0, 0.05) is 22.7 Å². The highest BCUT2D eigenvalue weighted by atomic mass is 35.5. The van der Waals surface area contributed by atoms with Crippen LogP contribution in [0.15, 0.2) is 48.5 Å². The molecule has 5 heteroatoms. The van der Waals surface area contributed by atoms with Crippen molar-refractivity contribution in [3.05, 3.63) is 64.7 Å². The fourth-order valence-corrected chi connectivity index (χ4v) is 2.24. The van der Waals surface area contributed by atoms with Crippen molar-refractivity contribution < 1.29 is 14.7 Å². The second-order valence-electron chi connectivity index (χ2n) is 4.99. The number of hydrogen-bond donors (Lipinski definition) is 2. The average Bonchev–Trinajstić information content (AvgIpc) is 2.50. The number of ketones is 1. The molecule has 0 saturated carbocycles. The third kappa shape index (κ3) is 4.09. The zero-order valence-electron chi connectivity index (χ0n) is 12.0. The molecule has 0 aliphatic heterocycles. The zero-order chi connectivity index (χ0) is 16.1. The molecule has 0 amide bonds. The van der Waals surface area contributed by atoms with Crippen LogP contribution in [0.2, 0.25) is 5.02 Å². The third-order valence-corrected chi connectivity index (χ3v) is 3.55. The van der Waals surface area contributed by atoms with Crippen LogP contribution in [0.3, 0.4) is 0 Å². The number of Topliss-reactive ketones (excluding diaryl/α,β-unsaturated/α-hetero) is 1. The highest BCUT2D eigenvalue weighted by Gasteiger charge is 2.22. The Kier molecular flexibility index (Phi) is 5.17. The van der Waals surface area contributed by atoms with Gasteiger partial charge in [-0.15, -0.1) is 0 Å². The lowest BCUT2D eigenvalue weighted by molar-refractivity contribution is -0.137. The summed E-state index contributed by atoms with van der Waals surface area (Å²) in [6.07, 6.45) is -0.134. The number of nitrogens with one attached hydrogen (secondary N) is 1. The van der Waals surface area contributed by atoms with Gasteiger partial charge in [0.1, 0.15) is 6.04 Å². The molecule has 2 N–H and O–H groups in total. The molecule has 0 aliphatic rings. The van der Waals surface area contributed by atoms with Crippen molar-refractivity contribution in [2.75, 3.05) is 5.32 Å². The monoisotopic (exact) mass is 317 g/mol. The molecule has 1 atom stereocenters. The number of aryl methyl sites for hydroxylation is 1. The van der Waals surface area contributed by atoms with E-state index in [4.69, 9.17) is 11.6 Å². The summed E-state index contributed by atoms with van der Waals surface area (Å²) in [5.41, 5.74) is 1.97. The zero-order valence-corrected chi connectivity index (χ0v) is 12.8. The van der Waals surface area contributed by atoms with Gasteiger partial charge in [-0.05, 0) is 24.6 Å². The van der Waals surface area contributed by atoms with E-state index in [1.165, 1.54) is 0 Å². The van der Waals surface area contributed by atoms with E-state index in [0.29, 0.717) is 16.3 Å². The van der Waals surface area contributed by atoms with Crippen molar-refractivity contribution >= 4 is 29.0 Å². The first-order valence-corrected chi connectivity index (χ1v) is 7.19. The van der Waals surface area contributed by atoms with Gasteiger partial charge in [0.15, 0.2) is 5.78 Å². The Balaban J connectivity index is 2.15. The summed E-state index contributed by atoms with van der Waals surface area (Å²) in [5, 5.41) is 12.7. The van der Waals surface area contributed by atoms with Crippen LogP contribution in [0.1, 0.15) is 22.3 Å². The van der Waals surface area contributed by atoms with E-state index in [9.17, 15) is 14.7 Å². The van der Waals surface area contributed by atoms with Crippen LogP contribution in [-0.4, -0.2) is 22.9 Å². The summed E-state index contributed by atoms with van der Waals surface area (Å²) >= 11 is 5.93. The molecular weight excluding hydrogens is 302 g/mol. The Morgan fingerprint density at radius 3 is 2.50 bits per heavy atom. The van der Waals surface area contributed by atoms with Gasteiger partial charge in [-0.25, -0.2) is 4.79 Å². The van der Waals surface area contributed by atoms with Crippen LogP contribution >= 0.6 is 11.6 Å². The quantitative estimate of drug-likeness (QED) is 0.796. The molecule has 0 fully saturated rings. The van der Waals surface area contributed by atoms with Crippen molar-refractivity contribution in [1.29, 1.82) is 0 Å². The Morgan fingerprint density at radius 2 is 1.86 bits per heavy atom. The Labute approximate surface area is 133 Å². The molecule has 114 valence electrons. The summed E-state index contributed by atoms with van der Waals surface area (Å²) in [4.78, 5) is 23.6. The summed E-state index contributed by atoms with van der Waals surface area (Å²) in [5.74, 6) is -1.30. The number of carbonyl (C=O) groups is 2. The predicted molar refractivity (Wildman–Crippen MR) is 86.6 cm³/mol. The van der Waals surface area contributed by atoms with E-state index in [0.717, 1.165) is 5.56 Å². The predicted octanol–water partition coefficient (Wildman–Crippen LogP) is 3.79. The van der Waals surface area contributed by atoms with Gasteiger partial charge in [-0.1, -0.05) is 48.0 Å². The van der Waals surface area contributed by atoms with E-state index < -0.39 is 12.0 Å². The molecular formula is C17H16ClNO3. The summed E-state index contributed by atoms with van der Waals surface area (Å²) in [7, 11) is 0. The van der Waals surface area contributed by atoms with Crippen LogP contribution < -0.4 is 5.32 Å². The topological polar surface area (TPSA) is 66.4 Å². The molecule has 2 rings (SSSR count). The van der Waals surface area contributed by atoms with Gasteiger partial charge in [-0.3, -0.25) is 4.79 Å². The van der Waals surface area contributed by atoms with Crippen molar-refractivity contribution in [2.45, 2.75) is 19.4 Å². The average molecular weight is 318 g/mol. The minimum Gasteiger partial charge on any atom is -0.480 e. The summed E-state index contributed by atoms with van der Waals surface area (Å²) in [6, 6.07) is 12.8. The van der Waals surface area contributed by atoms with Gasteiger partial charge >= 0.3 is 5.97 Å². The highest BCUT2D eigenvalue weighted by molar-refractivity contribution is 6.30. The van der Waals surface area contributed by atoms with E-state index in [1.54, 1.807) is 48.5 Å². The number of anilines is 1. The fourth-order valence-electron chi connectivity index (χ4n) is 2.06. The smallest absolute Gasteiger partial charge is 0.326 e. The van der Waals surface area contributed by atoms with Crippen molar-refractivity contribution in [2.24, 2.45) is 0 Å². The molecule has 2 aromatic rings. The van der Waals surface area contributed by atoms with Gasteiger partial charge in [0.05, 0.1) is 0 Å². The molecule has 0 radical (unpaired) electrons.